The first-order chi connectivity index (χ1) is 12.7. The van der Waals surface area contributed by atoms with Crippen molar-refractivity contribution in [3.8, 4) is 11.4 Å². The second-order valence-corrected chi connectivity index (χ2v) is 7.36. The minimum Gasteiger partial charge on any atom is -0.444 e. The summed E-state index contributed by atoms with van der Waals surface area (Å²) in [5, 5.41) is 2.86. The number of nitrogens with zero attached hydrogens (tertiary/aromatic N) is 3. The molecule has 0 aliphatic rings. The molecule has 0 aliphatic carbocycles. The van der Waals surface area contributed by atoms with Gasteiger partial charge in [-0.05, 0) is 58.9 Å². The average molecular weight is 374 g/mol. The maximum Gasteiger partial charge on any atom is 0.407 e. The average Bonchev–Trinajstić information content (AvgIpc) is 2.59. The van der Waals surface area contributed by atoms with Crippen molar-refractivity contribution in [3.63, 3.8) is 0 Å². The molecule has 0 saturated heterocycles. The van der Waals surface area contributed by atoms with Crippen LogP contribution in [-0.2, 0) is 4.74 Å². The largest absolute Gasteiger partial charge is 0.444 e. The lowest BCUT2D eigenvalue weighted by molar-refractivity contribution is 0.0510. The van der Waals surface area contributed by atoms with E-state index in [0.29, 0.717) is 12.4 Å². The van der Waals surface area contributed by atoms with Gasteiger partial charge >= 0.3 is 6.09 Å². The molecule has 1 N–H and O–H groups in total. The van der Waals surface area contributed by atoms with Gasteiger partial charge in [0.15, 0.2) is 11.6 Å². The summed E-state index contributed by atoms with van der Waals surface area (Å²) < 4.78 is 18.2. The van der Waals surface area contributed by atoms with Crippen LogP contribution >= 0.6 is 0 Å². The number of ether oxygens (including phenoxy) is 1. The van der Waals surface area contributed by atoms with Crippen LogP contribution in [0.1, 0.15) is 34.6 Å². The van der Waals surface area contributed by atoms with Gasteiger partial charge in [-0.1, -0.05) is 0 Å². The Bertz CT molecular complexity index is 742. The van der Waals surface area contributed by atoms with Gasteiger partial charge in [0.25, 0.3) is 0 Å². The number of aromatic nitrogens is 2. The standard InChI is InChI=1S/C20H27FN4O2/c1-6-25(13-14(2)24-19(26)27-20(3,4)5)17-9-7-15(8-10-17)18-22-11-16(21)12-23-18/h7-12,14H,6,13H2,1-5H3,(H,24,26). The maximum absolute atomic E-state index is 13.0. The summed E-state index contributed by atoms with van der Waals surface area (Å²) in [5.74, 6) is 0.0185. The van der Waals surface area contributed by atoms with Crippen molar-refractivity contribution in [2.24, 2.45) is 0 Å². The van der Waals surface area contributed by atoms with Crippen LogP contribution in [0.15, 0.2) is 36.7 Å². The molecule has 0 aliphatic heterocycles. The molecule has 1 amide bonds. The van der Waals surface area contributed by atoms with Crippen LogP contribution < -0.4 is 10.2 Å². The zero-order valence-electron chi connectivity index (χ0n) is 16.5. The van der Waals surface area contributed by atoms with E-state index in [-0.39, 0.29) is 6.04 Å². The molecule has 1 aromatic heterocycles. The van der Waals surface area contributed by atoms with Gasteiger partial charge < -0.3 is 15.0 Å². The molecule has 7 heteroatoms. The molecule has 0 saturated carbocycles. The highest BCUT2D eigenvalue weighted by molar-refractivity contribution is 5.68. The minimum absolute atomic E-state index is 0.0834. The van der Waals surface area contributed by atoms with Crippen LogP contribution in [0.25, 0.3) is 11.4 Å². The van der Waals surface area contributed by atoms with Crippen molar-refractivity contribution in [3.05, 3.63) is 42.5 Å². The second kappa shape index (κ2) is 8.79. The van der Waals surface area contributed by atoms with Crippen LogP contribution in [0.3, 0.4) is 0 Å². The first kappa shape index (κ1) is 20.6. The molecule has 1 atom stereocenters. The number of hydrogen-bond donors (Lipinski definition) is 1. The van der Waals surface area contributed by atoms with Gasteiger partial charge in [0.2, 0.25) is 0 Å². The number of benzene rings is 1. The molecular weight excluding hydrogens is 347 g/mol. The maximum atomic E-state index is 13.0. The van der Waals surface area contributed by atoms with Crippen LogP contribution in [-0.4, -0.2) is 40.8 Å². The Morgan fingerprint density at radius 1 is 1.22 bits per heavy atom. The van der Waals surface area contributed by atoms with Gasteiger partial charge in [0.1, 0.15) is 5.60 Å². The Labute approximate surface area is 159 Å². The molecule has 2 aromatic rings. The zero-order valence-corrected chi connectivity index (χ0v) is 16.5. The van der Waals surface area contributed by atoms with Crippen molar-refractivity contribution in [2.75, 3.05) is 18.0 Å². The molecule has 2 rings (SSSR count). The third-order valence-electron chi connectivity index (χ3n) is 3.75. The van der Waals surface area contributed by atoms with Crippen LogP contribution in [0.5, 0.6) is 0 Å². The van der Waals surface area contributed by atoms with E-state index in [2.05, 4.69) is 27.1 Å². The second-order valence-electron chi connectivity index (χ2n) is 7.36. The first-order valence-corrected chi connectivity index (χ1v) is 9.00. The van der Waals surface area contributed by atoms with Gasteiger partial charge in [-0.2, -0.15) is 0 Å². The van der Waals surface area contributed by atoms with Crippen LogP contribution in [0, 0.1) is 5.82 Å². The van der Waals surface area contributed by atoms with Crippen molar-refractivity contribution >= 4 is 11.8 Å². The number of alkyl carbamates (subject to hydrolysis) is 1. The van der Waals surface area contributed by atoms with Crippen molar-refractivity contribution in [1.29, 1.82) is 0 Å². The predicted octanol–water partition coefficient (Wildman–Crippen LogP) is 4.02. The molecule has 0 spiro atoms. The molecule has 0 radical (unpaired) electrons. The van der Waals surface area contributed by atoms with E-state index in [4.69, 9.17) is 4.74 Å². The number of hydrogen-bond acceptors (Lipinski definition) is 5. The molecule has 0 bridgehead atoms. The Hall–Kier alpha value is -2.70. The molecule has 1 aromatic carbocycles. The lowest BCUT2D eigenvalue weighted by atomic mass is 10.1. The first-order valence-electron chi connectivity index (χ1n) is 9.00. The lowest BCUT2D eigenvalue weighted by Crippen LogP contribution is -2.44. The summed E-state index contributed by atoms with van der Waals surface area (Å²) in [7, 11) is 0. The van der Waals surface area contributed by atoms with E-state index >= 15 is 0 Å². The SMILES string of the molecule is CCN(CC(C)NC(=O)OC(C)(C)C)c1ccc(-c2ncc(F)cn2)cc1. The number of likely N-dealkylation sites (N-methyl/N-ethyl adjacent to an activating group) is 1. The van der Waals surface area contributed by atoms with Crippen molar-refractivity contribution in [2.45, 2.75) is 46.3 Å². The van der Waals surface area contributed by atoms with E-state index in [0.717, 1.165) is 30.2 Å². The number of carbonyl (C=O) groups is 1. The summed E-state index contributed by atoms with van der Waals surface area (Å²) in [6, 6.07) is 7.64. The number of halogens is 1. The van der Waals surface area contributed by atoms with E-state index in [1.165, 1.54) is 0 Å². The Morgan fingerprint density at radius 3 is 2.33 bits per heavy atom. The lowest BCUT2D eigenvalue weighted by Gasteiger charge is -2.28. The predicted molar refractivity (Wildman–Crippen MR) is 104 cm³/mol. The van der Waals surface area contributed by atoms with E-state index in [9.17, 15) is 9.18 Å². The Balaban J connectivity index is 2.00. The van der Waals surface area contributed by atoms with E-state index in [1.807, 2.05) is 52.0 Å². The normalized spacial score (nSPS) is 12.4. The van der Waals surface area contributed by atoms with Gasteiger partial charge in [0.05, 0.1) is 12.4 Å². The summed E-state index contributed by atoms with van der Waals surface area (Å²) in [6.45, 7) is 10.9. The molecule has 0 fully saturated rings. The molecule has 1 unspecified atom stereocenters. The Kier molecular flexibility index (Phi) is 6.71. The van der Waals surface area contributed by atoms with Gasteiger partial charge in [-0.3, -0.25) is 0 Å². The Morgan fingerprint density at radius 2 is 1.81 bits per heavy atom. The number of rotatable bonds is 6. The van der Waals surface area contributed by atoms with E-state index < -0.39 is 17.5 Å². The van der Waals surface area contributed by atoms with Crippen LogP contribution in [0.2, 0.25) is 0 Å². The van der Waals surface area contributed by atoms with Gasteiger partial charge in [0, 0.05) is 30.4 Å². The molecule has 1 heterocycles. The molecule has 146 valence electrons. The zero-order chi connectivity index (χ0) is 20.0. The van der Waals surface area contributed by atoms with Gasteiger partial charge in [-0.25, -0.2) is 19.2 Å². The fraction of sp³-hybridized carbons (Fsp3) is 0.450. The van der Waals surface area contributed by atoms with Crippen molar-refractivity contribution in [1.82, 2.24) is 15.3 Å². The summed E-state index contributed by atoms with van der Waals surface area (Å²) in [5.41, 5.74) is 1.31. The summed E-state index contributed by atoms with van der Waals surface area (Å²) in [4.78, 5) is 22.0. The summed E-state index contributed by atoms with van der Waals surface area (Å²) in [6.07, 6.45) is 1.88. The highest BCUT2D eigenvalue weighted by Gasteiger charge is 2.19. The topological polar surface area (TPSA) is 67.4 Å². The number of amides is 1. The quantitative estimate of drug-likeness (QED) is 0.827. The third kappa shape index (κ3) is 6.51. The fourth-order valence-corrected chi connectivity index (χ4v) is 2.58. The highest BCUT2D eigenvalue weighted by atomic mass is 19.1. The molecular formula is C20H27FN4O2. The van der Waals surface area contributed by atoms with E-state index in [1.54, 1.807) is 0 Å². The van der Waals surface area contributed by atoms with Crippen molar-refractivity contribution < 1.29 is 13.9 Å². The number of carbonyl (C=O) groups excluding carboxylic acids is 1. The highest BCUT2D eigenvalue weighted by Crippen LogP contribution is 2.21. The van der Waals surface area contributed by atoms with Gasteiger partial charge in [-0.15, -0.1) is 0 Å². The monoisotopic (exact) mass is 374 g/mol. The number of nitrogens with one attached hydrogen (secondary N) is 1. The minimum atomic E-state index is -0.521. The molecule has 27 heavy (non-hydrogen) atoms. The smallest absolute Gasteiger partial charge is 0.407 e. The summed E-state index contributed by atoms with van der Waals surface area (Å²) >= 11 is 0. The number of anilines is 1. The third-order valence-corrected chi connectivity index (χ3v) is 3.75. The van der Waals surface area contributed by atoms with Crippen LogP contribution in [0.4, 0.5) is 14.9 Å². The fourth-order valence-electron chi connectivity index (χ4n) is 2.58. The molecule has 6 nitrogen and oxygen atoms in total.